The first-order valence-electron chi connectivity index (χ1n) is 9.14. The molecule has 3 N–H and O–H groups in total. The second-order valence-corrected chi connectivity index (χ2v) is 6.70. The van der Waals surface area contributed by atoms with E-state index < -0.39 is 4.92 Å². The Morgan fingerprint density at radius 1 is 0.931 bits per heavy atom. The smallest absolute Gasteiger partial charge is 0.271 e. The highest BCUT2D eigenvalue weighted by atomic mass is 16.6. The zero-order valence-electron chi connectivity index (χ0n) is 16.2. The van der Waals surface area contributed by atoms with Crippen molar-refractivity contribution in [3.8, 4) is 0 Å². The van der Waals surface area contributed by atoms with Crippen LogP contribution in [-0.2, 0) is 4.79 Å². The van der Waals surface area contributed by atoms with Crippen molar-refractivity contribution in [2.24, 2.45) is 0 Å². The summed E-state index contributed by atoms with van der Waals surface area (Å²) in [5.74, 6) is -0.242. The van der Waals surface area contributed by atoms with Crippen molar-refractivity contribution in [1.82, 2.24) is 0 Å². The maximum atomic E-state index is 12.4. The van der Waals surface area contributed by atoms with Crippen LogP contribution in [0, 0.1) is 24.0 Å². The molecule has 0 atom stereocenters. The summed E-state index contributed by atoms with van der Waals surface area (Å²) < 4.78 is 0. The summed E-state index contributed by atoms with van der Waals surface area (Å²) >= 11 is 0. The van der Waals surface area contributed by atoms with E-state index in [9.17, 15) is 14.9 Å². The van der Waals surface area contributed by atoms with E-state index in [4.69, 9.17) is 0 Å². The fourth-order valence-corrected chi connectivity index (χ4v) is 2.90. The number of carbonyl (C=O) groups excluding carboxylic acids is 1. The average Bonchev–Trinajstić information content (AvgIpc) is 2.70. The molecule has 3 rings (SSSR count). The zero-order chi connectivity index (χ0) is 20.8. The number of carbonyl (C=O) groups is 1. The molecule has 0 saturated heterocycles. The third-order valence-electron chi connectivity index (χ3n) is 4.36. The van der Waals surface area contributed by atoms with Gasteiger partial charge in [0, 0.05) is 23.5 Å². The Labute approximate surface area is 168 Å². The summed E-state index contributed by atoms with van der Waals surface area (Å²) in [4.78, 5) is 23.1. The molecule has 0 fully saturated rings. The minimum Gasteiger partial charge on any atom is -0.374 e. The molecule has 0 saturated carbocycles. The van der Waals surface area contributed by atoms with Crippen molar-refractivity contribution in [2.45, 2.75) is 13.8 Å². The minimum atomic E-state index is -0.465. The monoisotopic (exact) mass is 390 g/mol. The van der Waals surface area contributed by atoms with E-state index in [1.54, 1.807) is 6.07 Å². The first-order chi connectivity index (χ1) is 13.9. The molecule has 0 spiro atoms. The largest absolute Gasteiger partial charge is 0.374 e. The van der Waals surface area contributed by atoms with Gasteiger partial charge in [-0.1, -0.05) is 35.9 Å². The number of non-ortho nitro benzene ring substituents is 1. The number of nitrogens with zero attached hydrogens (tertiary/aromatic N) is 1. The van der Waals surface area contributed by atoms with Gasteiger partial charge in [0.25, 0.3) is 5.69 Å². The Kier molecular flexibility index (Phi) is 6.09. The van der Waals surface area contributed by atoms with Crippen molar-refractivity contribution < 1.29 is 9.72 Å². The molecular weight excluding hydrogens is 368 g/mol. The number of nitro groups is 1. The van der Waals surface area contributed by atoms with Gasteiger partial charge in [-0.15, -0.1) is 0 Å². The molecule has 0 aliphatic heterocycles. The van der Waals surface area contributed by atoms with Crippen molar-refractivity contribution in [3.63, 3.8) is 0 Å². The van der Waals surface area contributed by atoms with Crippen molar-refractivity contribution in [3.05, 3.63) is 88.0 Å². The first-order valence-corrected chi connectivity index (χ1v) is 9.14. The maximum Gasteiger partial charge on any atom is 0.271 e. The normalized spacial score (nSPS) is 10.3. The summed E-state index contributed by atoms with van der Waals surface area (Å²) in [5.41, 5.74) is 4.72. The number of benzene rings is 3. The number of rotatable bonds is 7. The maximum absolute atomic E-state index is 12.4. The standard InChI is InChI=1S/C22H22N4O3/c1-15-8-10-19(16(2)12-15)25-22(27)14-23-21-13-18(26(28)29)9-11-20(21)24-17-6-4-3-5-7-17/h3-13,23-24H,14H2,1-2H3,(H,25,27). The molecule has 3 aromatic rings. The van der Waals surface area contributed by atoms with Gasteiger partial charge in [-0.3, -0.25) is 14.9 Å². The van der Waals surface area contributed by atoms with Crippen molar-refractivity contribution >= 4 is 34.3 Å². The van der Waals surface area contributed by atoms with Gasteiger partial charge in [-0.2, -0.15) is 0 Å². The number of para-hydroxylation sites is 1. The van der Waals surface area contributed by atoms with Crippen LogP contribution >= 0.6 is 0 Å². The predicted molar refractivity (Wildman–Crippen MR) is 116 cm³/mol. The van der Waals surface area contributed by atoms with Gasteiger partial charge in [0.2, 0.25) is 5.91 Å². The molecule has 3 aromatic carbocycles. The van der Waals surface area contributed by atoms with Gasteiger partial charge < -0.3 is 16.0 Å². The molecule has 0 unspecified atom stereocenters. The van der Waals surface area contributed by atoms with Crippen molar-refractivity contribution in [1.29, 1.82) is 0 Å². The number of nitro benzene ring substituents is 1. The summed E-state index contributed by atoms with van der Waals surface area (Å²) in [7, 11) is 0. The predicted octanol–water partition coefficient (Wildman–Crippen LogP) is 5.01. The van der Waals surface area contributed by atoms with Crippen LogP contribution in [0.2, 0.25) is 0 Å². The number of amides is 1. The first kappa shape index (κ1) is 19.9. The second kappa shape index (κ2) is 8.88. The number of nitrogens with one attached hydrogen (secondary N) is 3. The molecule has 1 amide bonds. The minimum absolute atomic E-state index is 0.0298. The third kappa shape index (κ3) is 5.32. The number of aryl methyl sites for hydroxylation is 2. The fraction of sp³-hybridized carbons (Fsp3) is 0.136. The van der Waals surface area contributed by atoms with Crippen LogP contribution in [0.15, 0.2) is 66.7 Å². The number of hydrogen-bond donors (Lipinski definition) is 3. The lowest BCUT2D eigenvalue weighted by atomic mass is 10.1. The zero-order valence-corrected chi connectivity index (χ0v) is 16.2. The molecule has 148 valence electrons. The molecule has 0 aliphatic rings. The van der Waals surface area contributed by atoms with E-state index in [1.165, 1.54) is 12.1 Å². The summed E-state index contributed by atoms with van der Waals surface area (Å²) in [6, 6.07) is 19.7. The van der Waals surface area contributed by atoms with Gasteiger partial charge in [0.1, 0.15) is 0 Å². The molecule has 29 heavy (non-hydrogen) atoms. The highest BCUT2D eigenvalue weighted by Gasteiger charge is 2.13. The molecular formula is C22H22N4O3. The lowest BCUT2D eigenvalue weighted by Gasteiger charge is -2.14. The van der Waals surface area contributed by atoms with Gasteiger partial charge in [-0.25, -0.2) is 0 Å². The van der Waals surface area contributed by atoms with E-state index in [0.29, 0.717) is 11.4 Å². The van der Waals surface area contributed by atoms with Crippen molar-refractivity contribution in [2.75, 3.05) is 22.5 Å². The Balaban J connectivity index is 1.74. The lowest BCUT2D eigenvalue weighted by molar-refractivity contribution is -0.384. The SMILES string of the molecule is Cc1ccc(NC(=O)CNc2cc([N+](=O)[O-])ccc2Nc2ccccc2)c(C)c1. The van der Waals surface area contributed by atoms with Gasteiger partial charge in [0.15, 0.2) is 0 Å². The molecule has 0 aliphatic carbocycles. The lowest BCUT2D eigenvalue weighted by Crippen LogP contribution is -2.22. The summed E-state index contributed by atoms with van der Waals surface area (Å²) in [6.07, 6.45) is 0. The molecule has 0 bridgehead atoms. The topological polar surface area (TPSA) is 96.3 Å². The summed E-state index contributed by atoms with van der Waals surface area (Å²) in [6.45, 7) is 3.89. The van der Waals surface area contributed by atoms with Gasteiger partial charge in [0.05, 0.1) is 22.8 Å². The van der Waals surface area contributed by atoms with E-state index in [0.717, 1.165) is 22.5 Å². The molecule has 0 radical (unpaired) electrons. The van der Waals surface area contributed by atoms with Crippen LogP contribution in [-0.4, -0.2) is 17.4 Å². The van der Waals surface area contributed by atoms with Crippen LogP contribution in [0.4, 0.5) is 28.4 Å². The van der Waals surface area contributed by atoms with Gasteiger partial charge in [-0.05, 0) is 43.7 Å². The highest BCUT2D eigenvalue weighted by Crippen LogP contribution is 2.29. The van der Waals surface area contributed by atoms with Crippen LogP contribution in [0.1, 0.15) is 11.1 Å². The Morgan fingerprint density at radius 3 is 2.34 bits per heavy atom. The molecule has 0 aromatic heterocycles. The quantitative estimate of drug-likeness (QED) is 0.389. The number of hydrogen-bond acceptors (Lipinski definition) is 5. The molecule has 7 heteroatoms. The third-order valence-corrected chi connectivity index (χ3v) is 4.36. The van der Waals surface area contributed by atoms with Crippen LogP contribution in [0.5, 0.6) is 0 Å². The fourth-order valence-electron chi connectivity index (χ4n) is 2.90. The van der Waals surface area contributed by atoms with Gasteiger partial charge >= 0.3 is 0 Å². The van der Waals surface area contributed by atoms with Crippen LogP contribution in [0.25, 0.3) is 0 Å². The highest BCUT2D eigenvalue weighted by molar-refractivity contribution is 5.95. The van der Waals surface area contributed by atoms with E-state index in [1.807, 2.05) is 62.4 Å². The molecule has 0 heterocycles. The summed E-state index contributed by atoms with van der Waals surface area (Å²) in [5, 5.41) is 20.2. The Bertz CT molecular complexity index is 1040. The van der Waals surface area contributed by atoms with Crippen LogP contribution < -0.4 is 16.0 Å². The Morgan fingerprint density at radius 2 is 1.66 bits per heavy atom. The van der Waals surface area contributed by atoms with E-state index >= 15 is 0 Å². The molecule has 7 nitrogen and oxygen atoms in total. The van der Waals surface area contributed by atoms with E-state index in [-0.39, 0.29) is 18.1 Å². The second-order valence-electron chi connectivity index (χ2n) is 6.70. The van der Waals surface area contributed by atoms with Crippen LogP contribution in [0.3, 0.4) is 0 Å². The van der Waals surface area contributed by atoms with E-state index in [2.05, 4.69) is 16.0 Å². The Hall–Kier alpha value is -3.87. The number of anilines is 4. The average molecular weight is 390 g/mol.